The van der Waals surface area contributed by atoms with Gasteiger partial charge in [0.15, 0.2) is 0 Å². The molecule has 0 bridgehead atoms. The van der Waals surface area contributed by atoms with Crippen LogP contribution in [-0.2, 0) is 0 Å². The van der Waals surface area contributed by atoms with Crippen molar-refractivity contribution in [3.05, 3.63) is 63.2 Å². The van der Waals surface area contributed by atoms with E-state index in [0.717, 1.165) is 0 Å². The summed E-state index contributed by atoms with van der Waals surface area (Å²) in [6.45, 7) is 2.06. The predicted octanol–water partition coefficient (Wildman–Crippen LogP) is 4.91. The van der Waals surface area contributed by atoms with E-state index in [9.17, 15) is 14.9 Å². The van der Waals surface area contributed by atoms with Crippen molar-refractivity contribution < 1.29 is 14.5 Å². The second-order valence-electron chi connectivity index (χ2n) is 6.49. The third-order valence-electron chi connectivity index (χ3n) is 4.68. The monoisotopic (exact) mass is 374 g/mol. The molecule has 6 nitrogen and oxygen atoms in total. The number of carbonyl (C=O) groups excluding carboxylic acids is 1. The number of benzene rings is 2. The van der Waals surface area contributed by atoms with Gasteiger partial charge in [0.05, 0.1) is 4.92 Å². The van der Waals surface area contributed by atoms with Gasteiger partial charge in [-0.3, -0.25) is 14.9 Å². The SMILES string of the molecule is CC(C1CC1)N(C)C(=O)c1ccc(Oc2ccc(Cl)cc2[N+](=O)[O-])cc1. The fraction of sp³-hybridized carbons (Fsp3) is 0.316. The highest BCUT2D eigenvalue weighted by molar-refractivity contribution is 6.30. The first-order valence-corrected chi connectivity index (χ1v) is 8.73. The molecule has 26 heavy (non-hydrogen) atoms. The number of nitro benzene ring substituents is 1. The summed E-state index contributed by atoms with van der Waals surface area (Å²) >= 11 is 5.80. The normalized spacial score (nSPS) is 14.6. The second-order valence-corrected chi connectivity index (χ2v) is 6.93. The number of nitro groups is 1. The summed E-state index contributed by atoms with van der Waals surface area (Å²) in [4.78, 5) is 24.9. The van der Waals surface area contributed by atoms with Gasteiger partial charge in [0, 0.05) is 29.7 Å². The molecule has 7 heteroatoms. The highest BCUT2D eigenvalue weighted by Crippen LogP contribution is 2.36. The van der Waals surface area contributed by atoms with Crippen LogP contribution in [0.15, 0.2) is 42.5 Å². The van der Waals surface area contributed by atoms with Crippen LogP contribution < -0.4 is 4.74 Å². The maximum atomic E-state index is 12.5. The van der Waals surface area contributed by atoms with Crippen molar-refractivity contribution in [2.45, 2.75) is 25.8 Å². The van der Waals surface area contributed by atoms with Gasteiger partial charge in [-0.2, -0.15) is 0 Å². The van der Waals surface area contributed by atoms with E-state index in [0.29, 0.717) is 17.2 Å². The van der Waals surface area contributed by atoms with Crippen molar-refractivity contribution in [1.82, 2.24) is 4.90 Å². The van der Waals surface area contributed by atoms with Crippen LogP contribution in [0.25, 0.3) is 0 Å². The summed E-state index contributed by atoms with van der Waals surface area (Å²) in [5, 5.41) is 11.4. The molecule has 1 aliphatic carbocycles. The molecule has 0 aromatic heterocycles. The van der Waals surface area contributed by atoms with E-state index in [4.69, 9.17) is 16.3 Å². The predicted molar refractivity (Wildman–Crippen MR) is 98.9 cm³/mol. The summed E-state index contributed by atoms with van der Waals surface area (Å²) in [5.41, 5.74) is 0.341. The van der Waals surface area contributed by atoms with Crippen molar-refractivity contribution in [3.63, 3.8) is 0 Å². The highest BCUT2D eigenvalue weighted by atomic mass is 35.5. The Morgan fingerprint density at radius 3 is 2.50 bits per heavy atom. The minimum absolute atomic E-state index is 0.0478. The van der Waals surface area contributed by atoms with Crippen molar-refractivity contribution in [1.29, 1.82) is 0 Å². The van der Waals surface area contributed by atoms with Gasteiger partial charge in [0.2, 0.25) is 5.75 Å². The van der Waals surface area contributed by atoms with Gasteiger partial charge in [-0.15, -0.1) is 0 Å². The topological polar surface area (TPSA) is 72.7 Å². The molecule has 2 aromatic carbocycles. The van der Waals surface area contributed by atoms with E-state index in [-0.39, 0.29) is 28.4 Å². The fourth-order valence-corrected chi connectivity index (χ4v) is 2.96. The quantitative estimate of drug-likeness (QED) is 0.531. The van der Waals surface area contributed by atoms with Crippen molar-refractivity contribution >= 4 is 23.2 Å². The number of nitrogens with zero attached hydrogens (tertiary/aromatic N) is 2. The summed E-state index contributed by atoms with van der Waals surface area (Å²) < 4.78 is 5.59. The van der Waals surface area contributed by atoms with Gasteiger partial charge in [-0.1, -0.05) is 11.6 Å². The molecule has 0 saturated heterocycles. The Morgan fingerprint density at radius 1 is 1.27 bits per heavy atom. The minimum Gasteiger partial charge on any atom is -0.450 e. The van der Waals surface area contributed by atoms with E-state index in [1.165, 1.54) is 31.0 Å². The summed E-state index contributed by atoms with van der Waals surface area (Å²) in [6.07, 6.45) is 2.34. The molecule has 1 fully saturated rings. The molecule has 2 aromatic rings. The molecule has 3 rings (SSSR count). The molecule has 1 saturated carbocycles. The van der Waals surface area contributed by atoms with Gasteiger partial charge in [0.1, 0.15) is 5.75 Å². The number of hydrogen-bond donors (Lipinski definition) is 0. The smallest absolute Gasteiger partial charge is 0.313 e. The summed E-state index contributed by atoms with van der Waals surface area (Å²) in [6, 6.07) is 11.0. The molecule has 0 spiro atoms. The summed E-state index contributed by atoms with van der Waals surface area (Å²) in [5.74, 6) is 1.05. The number of amides is 1. The Morgan fingerprint density at radius 2 is 1.92 bits per heavy atom. The first kappa shape index (κ1) is 18.2. The van der Waals surface area contributed by atoms with Crippen molar-refractivity contribution in [3.8, 4) is 11.5 Å². The van der Waals surface area contributed by atoms with Crippen LogP contribution in [0.1, 0.15) is 30.1 Å². The molecular weight excluding hydrogens is 356 g/mol. The number of carbonyl (C=O) groups is 1. The van der Waals surface area contributed by atoms with Gasteiger partial charge in [0.25, 0.3) is 5.91 Å². The van der Waals surface area contributed by atoms with Crippen LogP contribution in [0.2, 0.25) is 5.02 Å². The lowest BCUT2D eigenvalue weighted by Gasteiger charge is -2.25. The molecule has 136 valence electrons. The fourth-order valence-electron chi connectivity index (χ4n) is 2.80. The third kappa shape index (κ3) is 3.96. The number of hydrogen-bond acceptors (Lipinski definition) is 4. The molecule has 1 unspecified atom stereocenters. The molecule has 0 N–H and O–H groups in total. The first-order valence-electron chi connectivity index (χ1n) is 8.36. The van der Waals surface area contributed by atoms with Crippen LogP contribution in [-0.4, -0.2) is 28.8 Å². The van der Waals surface area contributed by atoms with Crippen molar-refractivity contribution in [2.75, 3.05) is 7.05 Å². The minimum atomic E-state index is -0.548. The summed E-state index contributed by atoms with van der Waals surface area (Å²) in [7, 11) is 1.81. The van der Waals surface area contributed by atoms with Gasteiger partial charge in [-0.05, 0) is 62.1 Å². The van der Waals surface area contributed by atoms with Gasteiger partial charge >= 0.3 is 5.69 Å². The Kier molecular flexibility index (Phi) is 5.13. The standard InChI is InChI=1S/C19H19ClN2O4/c1-12(13-3-4-13)21(2)19(23)14-5-8-16(9-6-14)26-18-10-7-15(20)11-17(18)22(24)25/h5-13H,3-4H2,1-2H3. The van der Waals surface area contributed by atoms with E-state index >= 15 is 0 Å². The second kappa shape index (κ2) is 7.33. The van der Waals surface area contributed by atoms with Crippen LogP contribution in [0.4, 0.5) is 5.69 Å². The van der Waals surface area contributed by atoms with Crippen LogP contribution >= 0.6 is 11.6 Å². The third-order valence-corrected chi connectivity index (χ3v) is 4.92. The Labute approximate surface area is 156 Å². The van der Waals surface area contributed by atoms with E-state index in [1.807, 2.05) is 7.05 Å². The van der Waals surface area contributed by atoms with Gasteiger partial charge in [-0.25, -0.2) is 0 Å². The van der Waals surface area contributed by atoms with E-state index in [1.54, 1.807) is 29.2 Å². The lowest BCUT2D eigenvalue weighted by molar-refractivity contribution is -0.385. The van der Waals surface area contributed by atoms with Crippen LogP contribution in [0.3, 0.4) is 0 Å². The maximum Gasteiger partial charge on any atom is 0.313 e. The maximum absolute atomic E-state index is 12.5. The molecule has 1 aliphatic rings. The van der Waals surface area contributed by atoms with E-state index < -0.39 is 4.92 Å². The zero-order valence-electron chi connectivity index (χ0n) is 14.5. The lowest BCUT2D eigenvalue weighted by atomic mass is 10.1. The largest absolute Gasteiger partial charge is 0.450 e. The molecule has 0 aliphatic heterocycles. The molecular formula is C19H19ClN2O4. The zero-order chi connectivity index (χ0) is 18.8. The van der Waals surface area contributed by atoms with Crippen LogP contribution in [0.5, 0.6) is 11.5 Å². The Hall–Kier alpha value is -2.60. The molecule has 0 heterocycles. The molecule has 1 amide bonds. The number of ether oxygens (including phenoxy) is 1. The number of halogens is 1. The Bertz CT molecular complexity index is 834. The highest BCUT2D eigenvalue weighted by Gasteiger charge is 2.32. The molecule has 1 atom stereocenters. The average molecular weight is 375 g/mol. The average Bonchev–Trinajstić information content (AvgIpc) is 3.47. The van der Waals surface area contributed by atoms with Crippen molar-refractivity contribution in [2.24, 2.45) is 5.92 Å². The molecule has 0 radical (unpaired) electrons. The lowest BCUT2D eigenvalue weighted by Crippen LogP contribution is -2.36. The van der Waals surface area contributed by atoms with Gasteiger partial charge < -0.3 is 9.64 Å². The Balaban J connectivity index is 1.74. The zero-order valence-corrected chi connectivity index (χ0v) is 15.3. The number of rotatable bonds is 6. The first-order chi connectivity index (χ1) is 12.4. The van der Waals surface area contributed by atoms with Crippen LogP contribution in [0, 0.1) is 16.0 Å². The van der Waals surface area contributed by atoms with E-state index in [2.05, 4.69) is 6.92 Å².